The Morgan fingerprint density at radius 3 is 2.76 bits per heavy atom. The van der Waals surface area contributed by atoms with E-state index < -0.39 is 6.10 Å². The van der Waals surface area contributed by atoms with Crippen molar-refractivity contribution in [3.8, 4) is 5.75 Å². The average molecular weight is 412 g/mol. The Balaban J connectivity index is 1.58. The zero-order valence-corrected chi connectivity index (χ0v) is 17.2. The van der Waals surface area contributed by atoms with E-state index in [-0.39, 0.29) is 19.0 Å². The molecule has 1 fully saturated rings. The van der Waals surface area contributed by atoms with Gasteiger partial charge in [0.25, 0.3) is 0 Å². The van der Waals surface area contributed by atoms with Crippen LogP contribution in [0.4, 0.5) is 4.39 Å². The highest BCUT2D eigenvalue weighted by atomic mass is 19.1. The summed E-state index contributed by atoms with van der Waals surface area (Å²) >= 11 is 0. The van der Waals surface area contributed by atoms with Gasteiger partial charge in [0, 0.05) is 39.5 Å². The molecule has 1 heterocycles. The molecule has 1 saturated heterocycles. The first-order chi connectivity index (χ1) is 14.2. The Morgan fingerprint density at radius 2 is 2.03 bits per heavy atom. The third-order valence-corrected chi connectivity index (χ3v) is 4.51. The maximum atomic E-state index is 12.9. The molecule has 164 valence electrons. The number of aliphatic imine (C=N–C) groups is 1. The summed E-state index contributed by atoms with van der Waals surface area (Å²) in [5.74, 6) is 1.46. The molecule has 7 nitrogen and oxygen atoms in total. The van der Waals surface area contributed by atoms with Gasteiger partial charge < -0.3 is 30.0 Å². The summed E-state index contributed by atoms with van der Waals surface area (Å²) in [6.07, 6.45) is 2.30. The van der Waals surface area contributed by atoms with Crippen LogP contribution in [0.25, 0.3) is 0 Å². The number of hydrogen-bond donors (Lipinski definition) is 3. The second-order valence-corrected chi connectivity index (χ2v) is 7.05. The van der Waals surface area contributed by atoms with E-state index in [0.29, 0.717) is 24.2 Å². The molecule has 0 aromatic heterocycles. The van der Waals surface area contributed by atoms with Crippen molar-refractivity contribution in [3.63, 3.8) is 0 Å². The number of halogens is 1. The van der Waals surface area contributed by atoms with E-state index in [9.17, 15) is 9.50 Å². The fourth-order valence-electron chi connectivity index (χ4n) is 2.86. The van der Waals surface area contributed by atoms with Crippen molar-refractivity contribution in [2.45, 2.75) is 32.3 Å². The Labute approximate surface area is 172 Å². The molecule has 3 N–H and O–H groups in total. The van der Waals surface area contributed by atoms with Gasteiger partial charge in [-0.2, -0.15) is 0 Å². The molecule has 2 rings (SSSR count). The van der Waals surface area contributed by atoms with E-state index in [0.717, 1.165) is 52.2 Å². The van der Waals surface area contributed by atoms with Crippen molar-refractivity contribution in [2.75, 3.05) is 52.7 Å². The third-order valence-electron chi connectivity index (χ3n) is 4.51. The van der Waals surface area contributed by atoms with Gasteiger partial charge in [-0.25, -0.2) is 4.39 Å². The number of guanidine groups is 1. The number of nitrogens with zero attached hydrogens (tertiary/aromatic N) is 1. The van der Waals surface area contributed by atoms with Crippen LogP contribution in [-0.4, -0.2) is 69.8 Å². The first-order valence-electron chi connectivity index (χ1n) is 10.4. The van der Waals surface area contributed by atoms with Crippen molar-refractivity contribution in [2.24, 2.45) is 10.9 Å². The Hall–Kier alpha value is -1.90. The largest absolute Gasteiger partial charge is 0.491 e. The standard InChI is InChI=1S/C21H34FN3O4/c1-2-23-21(24-10-3-11-28-15-17-8-12-27-13-9-17)25-14-19(26)16-29-20-6-4-18(22)5-7-20/h4-7,17,19,26H,2-3,8-16H2,1H3,(H2,23,24,25). The number of aliphatic hydroxyl groups is 1. The molecule has 0 spiro atoms. The number of rotatable bonds is 12. The van der Waals surface area contributed by atoms with Crippen LogP contribution in [0.15, 0.2) is 29.3 Å². The molecule has 8 heteroatoms. The third kappa shape index (κ3) is 10.4. The minimum Gasteiger partial charge on any atom is -0.491 e. The molecule has 1 atom stereocenters. The van der Waals surface area contributed by atoms with Gasteiger partial charge in [0.05, 0.1) is 6.54 Å². The van der Waals surface area contributed by atoms with Crippen LogP contribution in [-0.2, 0) is 9.47 Å². The van der Waals surface area contributed by atoms with E-state index in [1.54, 1.807) is 0 Å². The second kappa shape index (κ2) is 14.1. The van der Waals surface area contributed by atoms with Gasteiger partial charge in [0.15, 0.2) is 5.96 Å². The van der Waals surface area contributed by atoms with Gasteiger partial charge >= 0.3 is 0 Å². The Bertz CT molecular complexity index is 580. The summed E-state index contributed by atoms with van der Waals surface area (Å²) < 4.78 is 29.4. The molecule has 0 amide bonds. The van der Waals surface area contributed by atoms with E-state index in [4.69, 9.17) is 14.2 Å². The number of nitrogens with one attached hydrogen (secondary N) is 2. The molecule has 1 aliphatic heterocycles. The first-order valence-corrected chi connectivity index (χ1v) is 10.4. The molecule has 0 radical (unpaired) electrons. The van der Waals surface area contributed by atoms with Crippen LogP contribution < -0.4 is 15.4 Å². The summed E-state index contributed by atoms with van der Waals surface area (Å²) in [5.41, 5.74) is 0. The minimum absolute atomic E-state index is 0.0918. The summed E-state index contributed by atoms with van der Waals surface area (Å²) in [7, 11) is 0. The highest BCUT2D eigenvalue weighted by Crippen LogP contribution is 2.14. The van der Waals surface area contributed by atoms with Crippen molar-refractivity contribution < 1.29 is 23.7 Å². The van der Waals surface area contributed by atoms with Crippen molar-refractivity contribution >= 4 is 5.96 Å². The predicted octanol–water partition coefficient (Wildman–Crippen LogP) is 1.95. The summed E-state index contributed by atoms with van der Waals surface area (Å²) in [6.45, 7) is 6.96. The molecule has 1 unspecified atom stereocenters. The molecule has 0 saturated carbocycles. The van der Waals surface area contributed by atoms with E-state index in [2.05, 4.69) is 15.6 Å². The molecular weight excluding hydrogens is 377 g/mol. The lowest BCUT2D eigenvalue weighted by Crippen LogP contribution is -2.39. The normalized spacial score (nSPS) is 16.4. The highest BCUT2D eigenvalue weighted by Gasteiger charge is 2.13. The number of aliphatic hydroxyl groups excluding tert-OH is 1. The lowest BCUT2D eigenvalue weighted by molar-refractivity contribution is 0.0203. The van der Waals surface area contributed by atoms with E-state index in [1.165, 1.54) is 24.3 Å². The van der Waals surface area contributed by atoms with Crippen molar-refractivity contribution in [1.29, 1.82) is 0 Å². The zero-order chi connectivity index (χ0) is 20.7. The quantitative estimate of drug-likeness (QED) is 0.277. The van der Waals surface area contributed by atoms with Gasteiger partial charge in [-0.05, 0) is 56.4 Å². The average Bonchev–Trinajstić information content (AvgIpc) is 2.74. The van der Waals surface area contributed by atoms with Crippen molar-refractivity contribution in [3.05, 3.63) is 30.1 Å². The van der Waals surface area contributed by atoms with Gasteiger partial charge in [0.1, 0.15) is 24.3 Å². The summed E-state index contributed by atoms with van der Waals surface area (Å²) in [4.78, 5) is 4.38. The Morgan fingerprint density at radius 1 is 1.28 bits per heavy atom. The summed E-state index contributed by atoms with van der Waals surface area (Å²) in [6, 6.07) is 5.70. The lowest BCUT2D eigenvalue weighted by Gasteiger charge is -2.21. The molecule has 0 aliphatic carbocycles. The maximum Gasteiger partial charge on any atom is 0.191 e. The predicted molar refractivity (Wildman–Crippen MR) is 111 cm³/mol. The highest BCUT2D eigenvalue weighted by molar-refractivity contribution is 5.79. The van der Waals surface area contributed by atoms with Gasteiger partial charge in [-0.15, -0.1) is 0 Å². The minimum atomic E-state index is -0.752. The topological polar surface area (TPSA) is 84.3 Å². The van der Waals surface area contributed by atoms with Gasteiger partial charge in [0.2, 0.25) is 0 Å². The molecule has 1 aliphatic rings. The molecule has 1 aromatic rings. The van der Waals surface area contributed by atoms with Crippen LogP contribution in [0.2, 0.25) is 0 Å². The van der Waals surface area contributed by atoms with E-state index in [1.807, 2.05) is 6.92 Å². The number of ether oxygens (including phenoxy) is 3. The lowest BCUT2D eigenvalue weighted by atomic mass is 10.0. The number of benzene rings is 1. The van der Waals surface area contributed by atoms with Crippen LogP contribution in [0.5, 0.6) is 5.75 Å². The monoisotopic (exact) mass is 411 g/mol. The summed E-state index contributed by atoms with van der Waals surface area (Å²) in [5, 5.41) is 16.4. The molecule has 0 bridgehead atoms. The zero-order valence-electron chi connectivity index (χ0n) is 17.2. The first kappa shape index (κ1) is 23.4. The van der Waals surface area contributed by atoms with Crippen LogP contribution in [0.3, 0.4) is 0 Å². The van der Waals surface area contributed by atoms with Crippen molar-refractivity contribution in [1.82, 2.24) is 10.6 Å². The van der Waals surface area contributed by atoms with Crippen LogP contribution in [0.1, 0.15) is 26.2 Å². The Kier molecular flexibility index (Phi) is 11.4. The van der Waals surface area contributed by atoms with Gasteiger partial charge in [-0.3, -0.25) is 4.99 Å². The van der Waals surface area contributed by atoms with Gasteiger partial charge in [-0.1, -0.05) is 0 Å². The maximum absolute atomic E-state index is 12.9. The van der Waals surface area contributed by atoms with Crippen LogP contribution >= 0.6 is 0 Å². The molecule has 1 aromatic carbocycles. The SMILES string of the molecule is CCNC(=NCC(O)COc1ccc(F)cc1)NCCCOCC1CCOCC1. The smallest absolute Gasteiger partial charge is 0.191 e. The van der Waals surface area contributed by atoms with E-state index >= 15 is 0 Å². The van der Waals surface area contributed by atoms with Crippen LogP contribution in [0, 0.1) is 11.7 Å². The fraction of sp³-hybridized carbons (Fsp3) is 0.667. The fourth-order valence-corrected chi connectivity index (χ4v) is 2.86. The second-order valence-electron chi connectivity index (χ2n) is 7.05. The number of hydrogen-bond acceptors (Lipinski definition) is 5. The molecule has 29 heavy (non-hydrogen) atoms. The molecular formula is C21H34FN3O4.